The first-order valence-corrected chi connectivity index (χ1v) is 5.16. The van der Waals surface area contributed by atoms with E-state index in [4.69, 9.17) is 0 Å². The number of carbonyl (C=O) groups is 1. The van der Waals surface area contributed by atoms with Crippen molar-refractivity contribution in [2.45, 2.75) is 19.8 Å². The molecule has 0 radical (unpaired) electrons. The Morgan fingerprint density at radius 2 is 2.27 bits per heavy atom. The quantitative estimate of drug-likeness (QED) is 0.789. The molecule has 1 heterocycles. The highest BCUT2D eigenvalue weighted by Gasteiger charge is 2.01. The normalized spacial score (nSPS) is 10.5. The van der Waals surface area contributed by atoms with E-state index >= 15 is 0 Å². The molecule has 2 rings (SSSR count). The van der Waals surface area contributed by atoms with Crippen molar-refractivity contribution in [1.82, 2.24) is 4.98 Å². The van der Waals surface area contributed by atoms with E-state index in [-0.39, 0.29) is 5.91 Å². The molecule has 1 aromatic carbocycles. The number of aromatic nitrogens is 1. The average Bonchev–Trinajstić information content (AvgIpc) is 2.65. The summed E-state index contributed by atoms with van der Waals surface area (Å²) in [5.41, 5.74) is 1.90. The van der Waals surface area contributed by atoms with Crippen LogP contribution in [0.4, 0.5) is 5.69 Å². The van der Waals surface area contributed by atoms with Crippen LogP contribution >= 0.6 is 0 Å². The fourth-order valence-electron chi connectivity index (χ4n) is 1.58. The van der Waals surface area contributed by atoms with Crippen molar-refractivity contribution in [3.8, 4) is 0 Å². The molecule has 0 saturated carbocycles. The number of H-pyrrole nitrogens is 1. The lowest BCUT2D eigenvalue weighted by atomic mass is 10.2. The Labute approximate surface area is 88.5 Å². The summed E-state index contributed by atoms with van der Waals surface area (Å²) in [6.45, 7) is 1.99. The fourth-order valence-corrected chi connectivity index (χ4v) is 1.58. The molecular formula is C12H14N2O. The van der Waals surface area contributed by atoms with E-state index in [1.807, 2.05) is 37.4 Å². The van der Waals surface area contributed by atoms with E-state index in [0.29, 0.717) is 6.42 Å². The van der Waals surface area contributed by atoms with Crippen molar-refractivity contribution in [2.75, 3.05) is 5.32 Å². The van der Waals surface area contributed by atoms with Crippen LogP contribution in [0.2, 0.25) is 0 Å². The lowest BCUT2D eigenvalue weighted by Gasteiger charge is -2.03. The van der Waals surface area contributed by atoms with Gasteiger partial charge in [-0.2, -0.15) is 0 Å². The summed E-state index contributed by atoms with van der Waals surface area (Å²) in [5, 5.41) is 4.02. The van der Waals surface area contributed by atoms with Crippen LogP contribution < -0.4 is 5.32 Å². The smallest absolute Gasteiger partial charge is 0.224 e. The molecule has 0 fully saturated rings. The van der Waals surface area contributed by atoms with E-state index in [9.17, 15) is 4.79 Å². The summed E-state index contributed by atoms with van der Waals surface area (Å²) in [5.74, 6) is 0.0726. The fraction of sp³-hybridized carbons (Fsp3) is 0.250. The molecule has 0 saturated heterocycles. The molecule has 0 bridgehead atoms. The number of hydrogen-bond acceptors (Lipinski definition) is 1. The van der Waals surface area contributed by atoms with Gasteiger partial charge in [0, 0.05) is 23.8 Å². The summed E-state index contributed by atoms with van der Waals surface area (Å²) in [7, 11) is 0. The lowest BCUT2D eigenvalue weighted by Crippen LogP contribution is -2.10. The Hall–Kier alpha value is -1.77. The van der Waals surface area contributed by atoms with Crippen molar-refractivity contribution in [3.63, 3.8) is 0 Å². The largest absolute Gasteiger partial charge is 0.361 e. The third-order valence-corrected chi connectivity index (χ3v) is 2.32. The monoisotopic (exact) mass is 202 g/mol. The number of rotatable bonds is 3. The predicted octanol–water partition coefficient (Wildman–Crippen LogP) is 2.91. The van der Waals surface area contributed by atoms with Crippen LogP contribution in [0, 0.1) is 0 Å². The first-order chi connectivity index (χ1) is 7.29. The second-order valence-corrected chi connectivity index (χ2v) is 3.58. The maximum Gasteiger partial charge on any atom is 0.224 e. The van der Waals surface area contributed by atoms with Gasteiger partial charge >= 0.3 is 0 Å². The SMILES string of the molecule is CCCC(=O)Nc1ccc2cc[nH]c2c1. The minimum absolute atomic E-state index is 0.0726. The molecule has 3 heteroatoms. The van der Waals surface area contributed by atoms with Crippen molar-refractivity contribution in [2.24, 2.45) is 0 Å². The van der Waals surface area contributed by atoms with Gasteiger partial charge in [0.05, 0.1) is 0 Å². The minimum Gasteiger partial charge on any atom is -0.361 e. The van der Waals surface area contributed by atoms with Crippen LogP contribution in [0.3, 0.4) is 0 Å². The molecule has 2 N–H and O–H groups in total. The zero-order chi connectivity index (χ0) is 10.7. The Balaban J connectivity index is 2.17. The van der Waals surface area contributed by atoms with Gasteiger partial charge in [-0.05, 0) is 30.0 Å². The third-order valence-electron chi connectivity index (χ3n) is 2.32. The molecule has 1 amide bonds. The highest BCUT2D eigenvalue weighted by Crippen LogP contribution is 2.17. The Morgan fingerprint density at radius 3 is 3.07 bits per heavy atom. The minimum atomic E-state index is 0.0726. The predicted molar refractivity (Wildman–Crippen MR) is 61.8 cm³/mol. The summed E-state index contributed by atoms with van der Waals surface area (Å²) in [6, 6.07) is 7.87. The first-order valence-electron chi connectivity index (χ1n) is 5.16. The number of hydrogen-bond donors (Lipinski definition) is 2. The molecule has 15 heavy (non-hydrogen) atoms. The number of aromatic amines is 1. The summed E-state index contributed by atoms with van der Waals surface area (Å²) >= 11 is 0. The molecule has 3 nitrogen and oxygen atoms in total. The van der Waals surface area contributed by atoms with Crippen LogP contribution in [-0.4, -0.2) is 10.9 Å². The lowest BCUT2D eigenvalue weighted by molar-refractivity contribution is -0.116. The zero-order valence-electron chi connectivity index (χ0n) is 8.71. The Morgan fingerprint density at radius 1 is 1.40 bits per heavy atom. The van der Waals surface area contributed by atoms with Crippen molar-refractivity contribution < 1.29 is 4.79 Å². The average molecular weight is 202 g/mol. The maximum atomic E-state index is 11.4. The van der Waals surface area contributed by atoms with Crippen LogP contribution in [0.15, 0.2) is 30.5 Å². The molecule has 2 aromatic rings. The molecule has 0 atom stereocenters. The Kier molecular flexibility index (Phi) is 2.72. The van der Waals surface area contributed by atoms with Gasteiger partial charge in [0.15, 0.2) is 0 Å². The molecule has 0 spiro atoms. The van der Waals surface area contributed by atoms with Gasteiger partial charge in [-0.1, -0.05) is 13.0 Å². The number of carbonyl (C=O) groups excluding carboxylic acids is 1. The molecule has 78 valence electrons. The van der Waals surface area contributed by atoms with E-state index in [0.717, 1.165) is 23.0 Å². The maximum absolute atomic E-state index is 11.4. The topological polar surface area (TPSA) is 44.9 Å². The molecule has 0 aliphatic carbocycles. The second kappa shape index (κ2) is 4.17. The van der Waals surface area contributed by atoms with Gasteiger partial charge in [0.25, 0.3) is 0 Å². The van der Waals surface area contributed by atoms with Crippen LogP contribution in [0.1, 0.15) is 19.8 Å². The molecule has 0 aliphatic rings. The van der Waals surface area contributed by atoms with Gasteiger partial charge < -0.3 is 10.3 Å². The van der Waals surface area contributed by atoms with Crippen molar-refractivity contribution in [3.05, 3.63) is 30.5 Å². The van der Waals surface area contributed by atoms with Gasteiger partial charge in [0.2, 0.25) is 5.91 Å². The summed E-state index contributed by atoms with van der Waals surface area (Å²) in [6.07, 6.45) is 3.33. The number of anilines is 1. The zero-order valence-corrected chi connectivity index (χ0v) is 8.71. The van der Waals surface area contributed by atoms with Gasteiger partial charge in [-0.15, -0.1) is 0 Å². The Bertz CT molecular complexity index is 473. The van der Waals surface area contributed by atoms with E-state index < -0.39 is 0 Å². The van der Waals surface area contributed by atoms with Crippen LogP contribution in [0.25, 0.3) is 10.9 Å². The highest BCUT2D eigenvalue weighted by molar-refractivity contribution is 5.93. The molecular weight excluding hydrogens is 188 g/mol. The molecule has 0 aliphatic heterocycles. The second-order valence-electron chi connectivity index (χ2n) is 3.58. The van der Waals surface area contributed by atoms with Crippen LogP contribution in [0.5, 0.6) is 0 Å². The molecule has 1 aromatic heterocycles. The molecule has 0 unspecified atom stereocenters. The number of amides is 1. The van der Waals surface area contributed by atoms with Crippen molar-refractivity contribution >= 4 is 22.5 Å². The van der Waals surface area contributed by atoms with Gasteiger partial charge in [-0.3, -0.25) is 4.79 Å². The van der Waals surface area contributed by atoms with Crippen LogP contribution in [-0.2, 0) is 4.79 Å². The first kappa shape index (κ1) is 9.77. The van der Waals surface area contributed by atoms with Gasteiger partial charge in [-0.25, -0.2) is 0 Å². The summed E-state index contributed by atoms with van der Waals surface area (Å²) < 4.78 is 0. The standard InChI is InChI=1S/C12H14N2O/c1-2-3-12(15)14-10-5-4-9-6-7-13-11(9)8-10/h4-8,13H,2-3H2,1H3,(H,14,15). The van der Waals surface area contributed by atoms with Crippen molar-refractivity contribution in [1.29, 1.82) is 0 Å². The number of benzene rings is 1. The van der Waals surface area contributed by atoms with Gasteiger partial charge in [0.1, 0.15) is 0 Å². The van der Waals surface area contributed by atoms with E-state index in [1.165, 1.54) is 0 Å². The summed E-state index contributed by atoms with van der Waals surface area (Å²) in [4.78, 5) is 14.5. The number of nitrogens with one attached hydrogen (secondary N) is 2. The number of fused-ring (bicyclic) bond motifs is 1. The third kappa shape index (κ3) is 2.18. The van der Waals surface area contributed by atoms with E-state index in [1.54, 1.807) is 0 Å². The van der Waals surface area contributed by atoms with E-state index in [2.05, 4.69) is 10.3 Å². The highest BCUT2D eigenvalue weighted by atomic mass is 16.1.